The Hall–Kier alpha value is -3.83. The van der Waals surface area contributed by atoms with E-state index in [1.165, 1.54) is 12.3 Å². The van der Waals surface area contributed by atoms with E-state index in [-0.39, 0.29) is 29.3 Å². The van der Waals surface area contributed by atoms with Crippen molar-refractivity contribution in [3.63, 3.8) is 0 Å². The lowest BCUT2D eigenvalue weighted by Gasteiger charge is -2.36. The highest BCUT2D eigenvalue weighted by molar-refractivity contribution is 5.63. The van der Waals surface area contributed by atoms with E-state index in [2.05, 4.69) is 30.5 Å². The Labute approximate surface area is 219 Å². The fourth-order valence-electron chi connectivity index (χ4n) is 5.12. The normalized spacial score (nSPS) is 18.7. The first-order chi connectivity index (χ1) is 18.5. The van der Waals surface area contributed by atoms with Crippen LogP contribution in [0.15, 0.2) is 48.8 Å². The van der Waals surface area contributed by atoms with E-state index >= 15 is 4.39 Å². The van der Waals surface area contributed by atoms with Crippen molar-refractivity contribution in [2.45, 2.75) is 25.4 Å². The Kier molecular flexibility index (Phi) is 6.77. The molecule has 5 heterocycles. The minimum atomic E-state index is -0.480. The zero-order valence-electron chi connectivity index (χ0n) is 20.9. The molecule has 0 spiro atoms. The minimum absolute atomic E-state index is 0.0515. The fourth-order valence-corrected chi connectivity index (χ4v) is 5.12. The third-order valence-corrected chi connectivity index (χ3v) is 7.18. The molecule has 11 heteroatoms. The summed E-state index contributed by atoms with van der Waals surface area (Å²) in [5.74, 6) is 0.0308. The zero-order valence-corrected chi connectivity index (χ0v) is 20.9. The molecule has 38 heavy (non-hydrogen) atoms. The maximum absolute atomic E-state index is 15.9. The molecule has 9 nitrogen and oxygen atoms in total. The van der Waals surface area contributed by atoms with Crippen LogP contribution in [0.4, 0.5) is 20.4 Å². The van der Waals surface area contributed by atoms with Crippen LogP contribution in [-0.4, -0.2) is 74.7 Å². The molecule has 2 saturated heterocycles. The van der Waals surface area contributed by atoms with Crippen molar-refractivity contribution >= 4 is 17.3 Å². The summed E-state index contributed by atoms with van der Waals surface area (Å²) in [5, 5.41) is 16.2. The number of halogens is 2. The van der Waals surface area contributed by atoms with Gasteiger partial charge in [0.25, 0.3) is 0 Å². The molecule has 198 valence electrons. The molecular weight excluding hydrogens is 490 g/mol. The maximum Gasteiger partial charge on any atom is 0.207 e. The Bertz CT molecular complexity index is 1410. The van der Waals surface area contributed by atoms with Crippen molar-refractivity contribution in [2.75, 3.05) is 49.5 Å². The van der Waals surface area contributed by atoms with Gasteiger partial charge in [-0.05, 0) is 49.2 Å². The number of nitrogens with zero attached hydrogens (tertiary/aromatic N) is 6. The average molecular weight is 521 g/mol. The second-order valence-corrected chi connectivity index (χ2v) is 9.87. The van der Waals surface area contributed by atoms with Gasteiger partial charge < -0.3 is 20.6 Å². The van der Waals surface area contributed by atoms with Crippen molar-refractivity contribution < 1.29 is 13.9 Å². The molecule has 0 radical (unpaired) electrons. The number of imidazole rings is 1. The second kappa shape index (κ2) is 10.5. The standard InChI is InChI=1S/C27H30F2N8O/c28-19-5-8-23-31-15-22(37(23)17-19)25-33-26(32-20-2-1-9-30-14-20)24(29)27(34-25)36-12-10-35(11-13-36)16-18-3-6-21(38)7-4-18/h3-8,15,17,20,30,38H,1-2,9-14,16H2,(H,32,33,34)/t20-/m1/s1. The molecule has 1 atom stereocenters. The number of benzene rings is 1. The number of piperazine rings is 1. The topological polar surface area (TPSA) is 93.9 Å². The van der Waals surface area contributed by atoms with Crippen molar-refractivity contribution in [3.05, 3.63) is 66.0 Å². The van der Waals surface area contributed by atoms with Crippen LogP contribution in [0, 0.1) is 11.6 Å². The Balaban J connectivity index is 1.29. The van der Waals surface area contributed by atoms with Gasteiger partial charge in [-0.2, -0.15) is 4.39 Å². The molecule has 3 aromatic heterocycles. The lowest BCUT2D eigenvalue weighted by Crippen LogP contribution is -2.46. The molecule has 0 saturated carbocycles. The first kappa shape index (κ1) is 24.5. The molecule has 2 aliphatic rings. The molecule has 2 aliphatic heterocycles. The van der Waals surface area contributed by atoms with E-state index in [1.54, 1.807) is 28.8 Å². The van der Waals surface area contributed by atoms with Gasteiger partial charge in [0.15, 0.2) is 17.5 Å². The van der Waals surface area contributed by atoms with Gasteiger partial charge >= 0.3 is 0 Å². The summed E-state index contributed by atoms with van der Waals surface area (Å²) in [6.45, 7) is 5.08. The summed E-state index contributed by atoms with van der Waals surface area (Å²) in [7, 11) is 0. The first-order valence-electron chi connectivity index (χ1n) is 13.0. The smallest absolute Gasteiger partial charge is 0.207 e. The predicted octanol–water partition coefficient (Wildman–Crippen LogP) is 3.26. The number of rotatable bonds is 6. The number of hydrogen-bond donors (Lipinski definition) is 3. The Morgan fingerprint density at radius 3 is 2.61 bits per heavy atom. The average Bonchev–Trinajstić information content (AvgIpc) is 3.35. The van der Waals surface area contributed by atoms with E-state index in [4.69, 9.17) is 0 Å². The molecular formula is C27H30F2N8O. The Morgan fingerprint density at radius 1 is 1.03 bits per heavy atom. The monoisotopic (exact) mass is 520 g/mol. The summed E-state index contributed by atoms with van der Waals surface area (Å²) in [6, 6.07) is 10.2. The lowest BCUT2D eigenvalue weighted by molar-refractivity contribution is 0.248. The number of phenols is 1. The fraction of sp³-hybridized carbons (Fsp3) is 0.370. The largest absolute Gasteiger partial charge is 0.508 e. The highest BCUT2D eigenvalue weighted by Gasteiger charge is 2.26. The summed E-state index contributed by atoms with van der Waals surface area (Å²) >= 11 is 0. The van der Waals surface area contributed by atoms with Crippen molar-refractivity contribution in [3.8, 4) is 17.3 Å². The lowest BCUT2D eigenvalue weighted by atomic mass is 10.1. The zero-order chi connectivity index (χ0) is 26.1. The quantitative estimate of drug-likeness (QED) is 0.357. The number of piperidine rings is 1. The molecule has 4 aromatic rings. The predicted molar refractivity (Wildman–Crippen MR) is 141 cm³/mol. The Morgan fingerprint density at radius 2 is 1.84 bits per heavy atom. The highest BCUT2D eigenvalue weighted by Crippen LogP contribution is 2.29. The summed E-state index contributed by atoms with van der Waals surface area (Å²) in [5.41, 5.74) is 2.17. The van der Waals surface area contributed by atoms with Crippen LogP contribution in [0.2, 0.25) is 0 Å². The number of fused-ring (bicyclic) bond motifs is 1. The number of pyridine rings is 1. The molecule has 0 unspecified atom stereocenters. The van der Waals surface area contributed by atoms with E-state index in [0.29, 0.717) is 24.4 Å². The molecule has 0 bridgehead atoms. The molecule has 2 fully saturated rings. The summed E-state index contributed by atoms with van der Waals surface area (Å²) in [6.07, 6.45) is 4.84. The van der Waals surface area contributed by atoms with Crippen LogP contribution in [0.5, 0.6) is 5.75 Å². The number of anilines is 2. The van der Waals surface area contributed by atoms with E-state index in [1.807, 2.05) is 17.0 Å². The van der Waals surface area contributed by atoms with Crippen molar-refractivity contribution in [1.29, 1.82) is 0 Å². The maximum atomic E-state index is 15.9. The van der Waals surface area contributed by atoms with Crippen LogP contribution >= 0.6 is 0 Å². The molecule has 3 N–H and O–H groups in total. The summed E-state index contributed by atoms with van der Waals surface area (Å²) in [4.78, 5) is 17.8. The first-order valence-corrected chi connectivity index (χ1v) is 13.0. The van der Waals surface area contributed by atoms with Gasteiger partial charge in [-0.15, -0.1) is 0 Å². The van der Waals surface area contributed by atoms with Gasteiger partial charge in [0.05, 0.1) is 6.20 Å². The van der Waals surface area contributed by atoms with Crippen LogP contribution < -0.4 is 15.5 Å². The molecule has 6 rings (SSSR count). The van der Waals surface area contributed by atoms with E-state index in [9.17, 15) is 9.50 Å². The summed E-state index contributed by atoms with van der Waals surface area (Å²) < 4.78 is 31.6. The number of aromatic nitrogens is 4. The van der Waals surface area contributed by atoms with E-state index in [0.717, 1.165) is 51.1 Å². The second-order valence-electron chi connectivity index (χ2n) is 9.87. The number of aromatic hydroxyl groups is 1. The third-order valence-electron chi connectivity index (χ3n) is 7.18. The third kappa shape index (κ3) is 5.11. The van der Waals surface area contributed by atoms with Crippen LogP contribution in [0.3, 0.4) is 0 Å². The molecule has 0 amide bonds. The van der Waals surface area contributed by atoms with Gasteiger partial charge in [0, 0.05) is 51.5 Å². The van der Waals surface area contributed by atoms with Gasteiger partial charge in [0.1, 0.15) is 22.9 Å². The van der Waals surface area contributed by atoms with Crippen LogP contribution in [0.1, 0.15) is 18.4 Å². The number of nitrogens with one attached hydrogen (secondary N) is 2. The van der Waals surface area contributed by atoms with Crippen LogP contribution in [-0.2, 0) is 6.54 Å². The minimum Gasteiger partial charge on any atom is -0.508 e. The van der Waals surface area contributed by atoms with Crippen molar-refractivity contribution in [2.24, 2.45) is 0 Å². The van der Waals surface area contributed by atoms with Gasteiger partial charge in [-0.25, -0.2) is 19.3 Å². The molecule has 1 aromatic carbocycles. The number of phenolic OH excluding ortho intramolecular Hbond substituents is 1. The molecule has 0 aliphatic carbocycles. The van der Waals surface area contributed by atoms with Crippen molar-refractivity contribution in [1.82, 2.24) is 29.6 Å². The van der Waals surface area contributed by atoms with Crippen LogP contribution in [0.25, 0.3) is 17.2 Å². The van der Waals surface area contributed by atoms with Gasteiger partial charge in [-0.3, -0.25) is 9.30 Å². The number of hydrogen-bond acceptors (Lipinski definition) is 8. The van der Waals surface area contributed by atoms with Gasteiger partial charge in [-0.1, -0.05) is 12.1 Å². The van der Waals surface area contributed by atoms with E-state index < -0.39 is 11.6 Å². The highest BCUT2D eigenvalue weighted by atomic mass is 19.1. The SMILES string of the molecule is Oc1ccc(CN2CCN(c3nc(-c4cnc5ccc(F)cn45)nc(N[C@@H]4CCCNC4)c3F)CC2)cc1. The van der Waals surface area contributed by atoms with Gasteiger partial charge in [0.2, 0.25) is 5.82 Å².